The van der Waals surface area contributed by atoms with Crippen LogP contribution in [-0.2, 0) is 0 Å². The van der Waals surface area contributed by atoms with Crippen LogP contribution in [-0.4, -0.2) is 45.1 Å². The molecule has 0 radical (unpaired) electrons. The monoisotopic (exact) mass is 279 g/mol. The first-order valence-corrected chi connectivity index (χ1v) is 6.06. The quantitative estimate of drug-likeness (QED) is 0.894. The minimum Gasteiger partial charge on any atom is -0.424 e. The Balaban J connectivity index is 2.13. The molecule has 5 nitrogen and oxygen atoms in total. The summed E-state index contributed by atoms with van der Waals surface area (Å²) in [6.07, 6.45) is -4.63. The van der Waals surface area contributed by atoms with Gasteiger partial charge in [-0.15, -0.1) is 10.2 Å². The highest BCUT2D eigenvalue weighted by Crippen LogP contribution is 2.39. The van der Waals surface area contributed by atoms with Gasteiger partial charge in [-0.3, -0.25) is 4.90 Å². The van der Waals surface area contributed by atoms with E-state index in [1.807, 2.05) is 0 Å². The summed E-state index contributed by atoms with van der Waals surface area (Å²) in [6.45, 7) is 3.29. The van der Waals surface area contributed by atoms with Crippen LogP contribution in [0.25, 0.3) is 0 Å². The van der Waals surface area contributed by atoms with Crippen molar-refractivity contribution in [1.29, 1.82) is 0 Å². The number of aliphatic hydroxyl groups is 1. The first kappa shape index (κ1) is 14.3. The van der Waals surface area contributed by atoms with Crippen LogP contribution < -0.4 is 0 Å². The van der Waals surface area contributed by atoms with E-state index >= 15 is 0 Å². The fourth-order valence-electron chi connectivity index (χ4n) is 2.27. The molecule has 2 heterocycles. The molecule has 0 aromatic carbocycles. The smallest absolute Gasteiger partial charge is 0.418 e. The van der Waals surface area contributed by atoms with Crippen LogP contribution in [0.1, 0.15) is 37.6 Å². The Morgan fingerprint density at radius 3 is 2.63 bits per heavy atom. The van der Waals surface area contributed by atoms with Gasteiger partial charge in [0.05, 0.1) is 6.04 Å². The molecule has 0 saturated carbocycles. The summed E-state index contributed by atoms with van der Waals surface area (Å²) in [4.78, 5) is 1.52. The summed E-state index contributed by atoms with van der Waals surface area (Å²) in [5, 5.41) is 17.2. The molecule has 0 bridgehead atoms. The second-order valence-electron chi connectivity index (χ2n) is 4.94. The summed E-state index contributed by atoms with van der Waals surface area (Å²) in [5.41, 5.74) is -2.66. The lowest BCUT2D eigenvalue weighted by molar-refractivity contribution is -0.276. The lowest BCUT2D eigenvalue weighted by Gasteiger charge is -2.41. The van der Waals surface area contributed by atoms with Gasteiger partial charge in [-0.1, -0.05) is 0 Å². The van der Waals surface area contributed by atoms with Crippen molar-refractivity contribution in [3.8, 4) is 0 Å². The van der Waals surface area contributed by atoms with Gasteiger partial charge in [0.15, 0.2) is 5.60 Å². The van der Waals surface area contributed by atoms with Crippen LogP contribution in [0.3, 0.4) is 0 Å². The summed E-state index contributed by atoms with van der Waals surface area (Å²) >= 11 is 0. The maximum absolute atomic E-state index is 12.8. The third-order valence-corrected chi connectivity index (χ3v) is 3.47. The second kappa shape index (κ2) is 4.75. The Labute approximate surface area is 108 Å². The van der Waals surface area contributed by atoms with E-state index in [0.717, 1.165) is 0 Å². The van der Waals surface area contributed by atoms with Gasteiger partial charge in [0.1, 0.15) is 0 Å². The van der Waals surface area contributed by atoms with Crippen molar-refractivity contribution >= 4 is 0 Å². The molecule has 0 aliphatic carbocycles. The first-order chi connectivity index (χ1) is 8.73. The molecule has 2 unspecified atom stereocenters. The molecule has 0 spiro atoms. The molecule has 8 heteroatoms. The number of hydrogen-bond donors (Lipinski definition) is 1. The summed E-state index contributed by atoms with van der Waals surface area (Å²) in [7, 11) is 0. The number of alkyl halides is 3. The number of rotatable bonds is 2. The van der Waals surface area contributed by atoms with Gasteiger partial charge < -0.3 is 9.52 Å². The highest BCUT2D eigenvalue weighted by atomic mass is 19.4. The number of likely N-dealkylation sites (tertiary alicyclic amines) is 1. The predicted octanol–water partition coefficient (Wildman–Crippen LogP) is 1.83. The molecule has 1 N–H and O–H groups in total. The first-order valence-electron chi connectivity index (χ1n) is 6.06. The number of aryl methyl sites for hydroxylation is 1. The van der Waals surface area contributed by atoms with Crippen LogP contribution in [0.2, 0.25) is 0 Å². The zero-order valence-corrected chi connectivity index (χ0v) is 10.7. The minimum atomic E-state index is -4.63. The van der Waals surface area contributed by atoms with Crippen molar-refractivity contribution < 1.29 is 22.7 Å². The molecule has 1 aliphatic rings. The summed E-state index contributed by atoms with van der Waals surface area (Å²) < 4.78 is 43.7. The average Bonchev–Trinajstić information content (AvgIpc) is 2.73. The predicted molar refractivity (Wildman–Crippen MR) is 59.3 cm³/mol. The lowest BCUT2D eigenvalue weighted by atomic mass is 9.91. The maximum Gasteiger partial charge on any atom is 0.418 e. The number of piperidine rings is 1. The van der Waals surface area contributed by atoms with E-state index in [0.29, 0.717) is 12.4 Å². The van der Waals surface area contributed by atoms with Crippen molar-refractivity contribution in [3.05, 3.63) is 11.8 Å². The highest BCUT2D eigenvalue weighted by Gasteiger charge is 2.55. The summed E-state index contributed by atoms with van der Waals surface area (Å²) in [5.74, 6) is 0.633. The molecule has 1 fully saturated rings. The van der Waals surface area contributed by atoms with Crippen molar-refractivity contribution in [2.45, 2.75) is 44.5 Å². The zero-order chi connectivity index (χ0) is 14.3. The lowest BCUT2D eigenvalue weighted by Crippen LogP contribution is -2.57. The fraction of sp³-hybridized carbons (Fsp3) is 0.818. The van der Waals surface area contributed by atoms with E-state index in [1.54, 1.807) is 13.8 Å². The van der Waals surface area contributed by atoms with E-state index in [4.69, 9.17) is 4.42 Å². The van der Waals surface area contributed by atoms with Crippen molar-refractivity contribution in [2.75, 3.05) is 13.1 Å². The van der Waals surface area contributed by atoms with Crippen LogP contribution in [0.5, 0.6) is 0 Å². The van der Waals surface area contributed by atoms with Crippen LogP contribution in [0, 0.1) is 6.92 Å². The van der Waals surface area contributed by atoms with E-state index in [9.17, 15) is 18.3 Å². The summed E-state index contributed by atoms with van der Waals surface area (Å²) in [6, 6.07) is -0.449. The molecule has 2 rings (SSSR count). The Hall–Kier alpha value is -1.15. The maximum atomic E-state index is 12.8. The molecule has 1 aliphatic heterocycles. The van der Waals surface area contributed by atoms with Crippen molar-refractivity contribution in [3.63, 3.8) is 0 Å². The largest absolute Gasteiger partial charge is 0.424 e. The molecule has 1 saturated heterocycles. The normalized spacial score (nSPS) is 27.5. The van der Waals surface area contributed by atoms with Crippen molar-refractivity contribution in [1.82, 2.24) is 15.1 Å². The van der Waals surface area contributed by atoms with E-state index in [1.165, 1.54) is 4.90 Å². The van der Waals surface area contributed by atoms with Gasteiger partial charge in [0, 0.05) is 13.5 Å². The number of halogens is 3. The minimum absolute atomic E-state index is 0.268. The van der Waals surface area contributed by atoms with Gasteiger partial charge in [0.2, 0.25) is 11.8 Å². The Bertz CT molecular complexity index is 449. The second-order valence-corrected chi connectivity index (χ2v) is 4.94. The Kier molecular flexibility index (Phi) is 3.57. The number of nitrogens with zero attached hydrogens (tertiary/aromatic N) is 3. The third kappa shape index (κ3) is 2.74. The standard InChI is InChI=1S/C11H16F3N3O2/c1-7(9-16-15-8(2)19-9)17-5-3-4-10(18,6-17)11(12,13)14/h7,18H,3-6H2,1-2H3. The molecular formula is C11H16F3N3O2. The van der Waals surface area contributed by atoms with Crippen LogP contribution in [0.15, 0.2) is 4.42 Å². The van der Waals surface area contributed by atoms with Gasteiger partial charge in [-0.25, -0.2) is 0 Å². The van der Waals surface area contributed by atoms with E-state index in [-0.39, 0.29) is 18.7 Å². The Morgan fingerprint density at radius 1 is 1.42 bits per heavy atom. The molecule has 2 atom stereocenters. The molecule has 1 aromatic rings. The van der Waals surface area contributed by atoms with Crippen molar-refractivity contribution in [2.24, 2.45) is 0 Å². The van der Waals surface area contributed by atoms with E-state index < -0.39 is 24.4 Å². The molecule has 108 valence electrons. The van der Waals surface area contributed by atoms with Crippen LogP contribution in [0.4, 0.5) is 13.2 Å². The topological polar surface area (TPSA) is 62.4 Å². The number of hydrogen-bond acceptors (Lipinski definition) is 5. The molecular weight excluding hydrogens is 263 g/mol. The molecule has 0 amide bonds. The number of aromatic nitrogens is 2. The SMILES string of the molecule is Cc1nnc(C(C)N2CCCC(O)(C(F)(F)F)C2)o1. The zero-order valence-electron chi connectivity index (χ0n) is 10.7. The van der Waals surface area contributed by atoms with E-state index in [2.05, 4.69) is 10.2 Å². The van der Waals surface area contributed by atoms with Crippen LogP contribution >= 0.6 is 0 Å². The fourth-order valence-corrected chi connectivity index (χ4v) is 2.27. The van der Waals surface area contributed by atoms with Gasteiger partial charge in [0.25, 0.3) is 0 Å². The van der Waals surface area contributed by atoms with Gasteiger partial charge >= 0.3 is 6.18 Å². The Morgan fingerprint density at radius 2 is 2.11 bits per heavy atom. The van der Waals surface area contributed by atoms with Gasteiger partial charge in [-0.05, 0) is 26.3 Å². The molecule has 19 heavy (non-hydrogen) atoms. The molecule has 1 aromatic heterocycles. The average molecular weight is 279 g/mol. The third-order valence-electron chi connectivity index (χ3n) is 3.47. The highest BCUT2D eigenvalue weighted by molar-refractivity contribution is 4.97. The van der Waals surface area contributed by atoms with Gasteiger partial charge in [-0.2, -0.15) is 13.2 Å². The number of β-amino-alcohol motifs (C(OH)–C–C–N with tert-alkyl or cyclic N) is 1.